The molecule has 102 valence electrons. The van der Waals surface area contributed by atoms with Crippen LogP contribution >= 0.6 is 22.7 Å². The van der Waals surface area contributed by atoms with Gasteiger partial charge in [0.15, 0.2) is 0 Å². The maximum Gasteiger partial charge on any atom is 0.149 e. The molecule has 0 aliphatic rings. The molecule has 0 saturated carbocycles. The van der Waals surface area contributed by atoms with Gasteiger partial charge in [-0.2, -0.15) is 0 Å². The largest absolute Gasteiger partial charge is 0.394 e. The molecule has 1 nitrogen and oxygen atoms in total. The van der Waals surface area contributed by atoms with Crippen LogP contribution in [0.25, 0.3) is 20.2 Å². The highest BCUT2D eigenvalue weighted by atomic mass is 32.1. The molecule has 0 spiro atoms. The van der Waals surface area contributed by atoms with Crippen molar-refractivity contribution < 1.29 is 8.78 Å². The average molecular weight is 307 g/mol. The highest BCUT2D eigenvalue weighted by molar-refractivity contribution is 7.23. The molecule has 2 N–H and O–H groups in total. The SMILES string of the molecule is Cc1ccc(-c2ccc(-c3cc(F)c(N)c(F)c3)s2)s1. The zero-order valence-electron chi connectivity index (χ0n) is 10.6. The van der Waals surface area contributed by atoms with Crippen molar-refractivity contribution in [2.75, 3.05) is 5.73 Å². The summed E-state index contributed by atoms with van der Waals surface area (Å²) in [7, 11) is 0. The van der Waals surface area contributed by atoms with E-state index in [2.05, 4.69) is 12.1 Å². The Morgan fingerprint density at radius 2 is 1.40 bits per heavy atom. The van der Waals surface area contributed by atoms with Gasteiger partial charge in [0.1, 0.15) is 17.3 Å². The Hall–Kier alpha value is -1.72. The van der Waals surface area contributed by atoms with E-state index in [4.69, 9.17) is 5.73 Å². The van der Waals surface area contributed by atoms with E-state index >= 15 is 0 Å². The Labute approximate surface area is 123 Å². The van der Waals surface area contributed by atoms with Crippen LogP contribution in [0.2, 0.25) is 0 Å². The Morgan fingerprint density at radius 1 is 0.850 bits per heavy atom. The number of nitrogens with two attached hydrogens (primary N) is 1. The Morgan fingerprint density at radius 3 is 2.00 bits per heavy atom. The Bertz CT molecular complexity index is 751. The van der Waals surface area contributed by atoms with Gasteiger partial charge >= 0.3 is 0 Å². The molecule has 1 aromatic carbocycles. The van der Waals surface area contributed by atoms with E-state index in [1.165, 1.54) is 28.3 Å². The van der Waals surface area contributed by atoms with Gasteiger partial charge in [-0.1, -0.05) is 0 Å². The third kappa shape index (κ3) is 2.34. The molecular formula is C15H11F2NS2. The summed E-state index contributed by atoms with van der Waals surface area (Å²) in [5.74, 6) is -1.44. The molecule has 3 aromatic rings. The summed E-state index contributed by atoms with van der Waals surface area (Å²) in [6.45, 7) is 2.05. The number of halogens is 2. The molecule has 0 aliphatic heterocycles. The molecule has 0 aliphatic carbocycles. The van der Waals surface area contributed by atoms with Crippen molar-refractivity contribution >= 4 is 28.4 Å². The van der Waals surface area contributed by atoms with Crippen LogP contribution in [0.4, 0.5) is 14.5 Å². The van der Waals surface area contributed by atoms with E-state index in [1.54, 1.807) is 11.3 Å². The zero-order valence-corrected chi connectivity index (χ0v) is 12.2. The van der Waals surface area contributed by atoms with Crippen LogP contribution in [0.5, 0.6) is 0 Å². The normalized spacial score (nSPS) is 10.9. The second kappa shape index (κ2) is 5.00. The highest BCUT2D eigenvalue weighted by Gasteiger charge is 2.12. The number of thiophene rings is 2. The van der Waals surface area contributed by atoms with Crippen molar-refractivity contribution in [2.45, 2.75) is 6.92 Å². The fourth-order valence-corrected chi connectivity index (χ4v) is 3.87. The van der Waals surface area contributed by atoms with E-state index in [-0.39, 0.29) is 0 Å². The second-order valence-electron chi connectivity index (χ2n) is 4.43. The minimum atomic E-state index is -0.720. The average Bonchev–Trinajstić information content (AvgIpc) is 3.03. The third-order valence-electron chi connectivity index (χ3n) is 2.95. The monoisotopic (exact) mass is 307 g/mol. The van der Waals surface area contributed by atoms with Crippen molar-refractivity contribution in [3.8, 4) is 20.2 Å². The van der Waals surface area contributed by atoms with Crippen molar-refractivity contribution in [1.29, 1.82) is 0 Å². The molecule has 0 atom stereocenters. The predicted molar refractivity (Wildman–Crippen MR) is 82.1 cm³/mol. The fraction of sp³-hybridized carbons (Fsp3) is 0.0667. The summed E-state index contributed by atoms with van der Waals surface area (Å²) in [6, 6.07) is 10.5. The predicted octanol–water partition coefficient (Wildman–Crippen LogP) is 5.31. The van der Waals surface area contributed by atoms with Crippen LogP contribution in [0.3, 0.4) is 0 Å². The summed E-state index contributed by atoms with van der Waals surface area (Å²) >= 11 is 3.21. The Kier molecular flexibility index (Phi) is 3.31. The van der Waals surface area contributed by atoms with Crippen LogP contribution in [0, 0.1) is 18.6 Å². The summed E-state index contributed by atoms with van der Waals surface area (Å²) in [5.41, 5.74) is 5.36. The first-order chi connectivity index (χ1) is 9.54. The van der Waals surface area contributed by atoms with Crippen LogP contribution in [0.15, 0.2) is 36.4 Å². The van der Waals surface area contributed by atoms with E-state index in [1.807, 2.05) is 19.1 Å². The number of aryl methyl sites for hydroxylation is 1. The van der Waals surface area contributed by atoms with E-state index in [9.17, 15) is 8.78 Å². The maximum atomic E-state index is 13.5. The van der Waals surface area contributed by atoms with Gasteiger partial charge in [-0.15, -0.1) is 22.7 Å². The standard InChI is InChI=1S/C15H11F2NS2/c1-8-2-3-13(19-8)14-5-4-12(20-14)9-6-10(16)15(18)11(17)7-9/h2-7H,18H2,1H3. The van der Waals surface area contributed by atoms with Crippen molar-refractivity contribution in [2.24, 2.45) is 0 Å². The number of anilines is 1. The second-order valence-corrected chi connectivity index (χ2v) is 6.80. The minimum Gasteiger partial charge on any atom is -0.394 e. The molecule has 0 fully saturated rings. The zero-order chi connectivity index (χ0) is 14.3. The first-order valence-electron chi connectivity index (χ1n) is 5.96. The number of hydrogen-bond donors (Lipinski definition) is 1. The van der Waals surface area contributed by atoms with Crippen LogP contribution in [-0.4, -0.2) is 0 Å². The summed E-state index contributed by atoms with van der Waals surface area (Å²) in [4.78, 5) is 4.31. The molecule has 0 unspecified atom stereocenters. The molecule has 0 radical (unpaired) electrons. The lowest BCUT2D eigenvalue weighted by molar-refractivity contribution is 0.592. The smallest absolute Gasteiger partial charge is 0.149 e. The van der Waals surface area contributed by atoms with Gasteiger partial charge in [0.05, 0.1) is 0 Å². The molecule has 3 rings (SSSR count). The summed E-state index contributed by atoms with van der Waals surface area (Å²) in [6.07, 6.45) is 0. The minimum absolute atomic E-state index is 0.431. The lowest BCUT2D eigenvalue weighted by atomic mass is 10.1. The van der Waals surface area contributed by atoms with Crippen molar-refractivity contribution in [1.82, 2.24) is 0 Å². The molecule has 5 heteroatoms. The van der Waals surface area contributed by atoms with Gasteiger partial charge in [0.2, 0.25) is 0 Å². The molecule has 0 amide bonds. The van der Waals surface area contributed by atoms with Crippen molar-refractivity contribution in [3.05, 3.63) is 52.9 Å². The molecule has 20 heavy (non-hydrogen) atoms. The van der Waals surface area contributed by atoms with Gasteiger partial charge in [-0.05, 0) is 48.9 Å². The van der Waals surface area contributed by atoms with E-state index in [0.29, 0.717) is 5.56 Å². The fourth-order valence-electron chi connectivity index (χ4n) is 1.92. The first kappa shape index (κ1) is 13.3. The van der Waals surface area contributed by atoms with Crippen LogP contribution < -0.4 is 5.73 Å². The lowest BCUT2D eigenvalue weighted by Gasteiger charge is -2.02. The van der Waals surface area contributed by atoms with Gasteiger partial charge in [0, 0.05) is 19.5 Å². The number of nitrogen functional groups attached to an aromatic ring is 1. The number of benzene rings is 1. The van der Waals surface area contributed by atoms with Gasteiger partial charge in [-0.25, -0.2) is 8.78 Å². The molecule has 2 aromatic heterocycles. The molecule has 2 heterocycles. The number of hydrogen-bond acceptors (Lipinski definition) is 3. The highest BCUT2D eigenvalue weighted by Crippen LogP contribution is 2.38. The lowest BCUT2D eigenvalue weighted by Crippen LogP contribution is -1.95. The van der Waals surface area contributed by atoms with Crippen molar-refractivity contribution in [3.63, 3.8) is 0 Å². The van der Waals surface area contributed by atoms with Gasteiger partial charge in [-0.3, -0.25) is 0 Å². The summed E-state index contributed by atoms with van der Waals surface area (Å²) < 4.78 is 27.0. The van der Waals surface area contributed by atoms with Gasteiger partial charge < -0.3 is 5.73 Å². The topological polar surface area (TPSA) is 26.0 Å². The van der Waals surface area contributed by atoms with Crippen LogP contribution in [0.1, 0.15) is 4.88 Å². The molecule has 0 bridgehead atoms. The molecular weight excluding hydrogens is 296 g/mol. The van der Waals surface area contributed by atoms with E-state index in [0.717, 1.165) is 14.6 Å². The maximum absolute atomic E-state index is 13.5. The quantitative estimate of drug-likeness (QED) is 0.638. The molecule has 0 saturated heterocycles. The third-order valence-corrected chi connectivity index (χ3v) is 5.28. The summed E-state index contributed by atoms with van der Waals surface area (Å²) in [5, 5.41) is 0. The first-order valence-corrected chi connectivity index (χ1v) is 7.59. The Balaban J connectivity index is 2.02. The van der Waals surface area contributed by atoms with Gasteiger partial charge in [0.25, 0.3) is 0 Å². The number of rotatable bonds is 2. The van der Waals surface area contributed by atoms with E-state index < -0.39 is 17.3 Å². The van der Waals surface area contributed by atoms with Crippen LogP contribution in [-0.2, 0) is 0 Å².